The first kappa shape index (κ1) is 17.7. The molecule has 2 aromatic carbocycles. The van der Waals surface area contributed by atoms with Gasteiger partial charge in [-0.15, -0.1) is 0 Å². The normalized spacial score (nSPS) is 19.0. The smallest absolute Gasteiger partial charge is 0.240 e. The molecule has 4 rings (SSSR count). The van der Waals surface area contributed by atoms with Crippen LogP contribution in [0.25, 0.3) is 0 Å². The molecule has 2 heterocycles. The molecule has 0 saturated carbocycles. The molecule has 0 saturated heterocycles. The van der Waals surface area contributed by atoms with E-state index < -0.39 is 0 Å². The topological polar surface area (TPSA) is 61.4 Å². The number of nitrogens with zero attached hydrogens (tertiary/aromatic N) is 1. The lowest BCUT2D eigenvalue weighted by molar-refractivity contribution is -0.123. The molecule has 0 aromatic heterocycles. The van der Waals surface area contributed by atoms with Crippen LogP contribution in [0.2, 0.25) is 0 Å². The third-order valence-corrected chi connectivity index (χ3v) is 5.44. The van der Waals surface area contributed by atoms with Gasteiger partial charge < -0.3 is 15.5 Å². The van der Waals surface area contributed by atoms with E-state index in [1.54, 1.807) is 4.90 Å². The van der Waals surface area contributed by atoms with Crippen molar-refractivity contribution in [2.45, 2.75) is 31.7 Å². The van der Waals surface area contributed by atoms with Gasteiger partial charge in [0.1, 0.15) is 6.54 Å². The van der Waals surface area contributed by atoms with Crippen LogP contribution < -0.4 is 15.5 Å². The van der Waals surface area contributed by atoms with Crippen LogP contribution >= 0.6 is 0 Å². The second kappa shape index (κ2) is 7.92. The molecule has 0 radical (unpaired) electrons. The predicted octanol–water partition coefficient (Wildman–Crippen LogP) is 2.36. The minimum absolute atomic E-state index is 0.0243. The van der Waals surface area contributed by atoms with Gasteiger partial charge >= 0.3 is 0 Å². The minimum atomic E-state index is -0.120. The van der Waals surface area contributed by atoms with Gasteiger partial charge in [0.05, 0.1) is 0 Å². The molecule has 1 unspecified atom stereocenters. The highest BCUT2D eigenvalue weighted by Gasteiger charge is 2.25. The fourth-order valence-electron chi connectivity index (χ4n) is 4.05. The third kappa shape index (κ3) is 3.88. The molecule has 27 heavy (non-hydrogen) atoms. The molecule has 2 aliphatic rings. The Labute approximate surface area is 159 Å². The summed E-state index contributed by atoms with van der Waals surface area (Å²) >= 11 is 0. The van der Waals surface area contributed by atoms with E-state index in [0.717, 1.165) is 37.1 Å². The quantitative estimate of drug-likeness (QED) is 0.877. The van der Waals surface area contributed by atoms with Crippen molar-refractivity contribution in [3.63, 3.8) is 0 Å². The predicted molar refractivity (Wildman–Crippen MR) is 106 cm³/mol. The van der Waals surface area contributed by atoms with Gasteiger partial charge in [-0.25, -0.2) is 0 Å². The van der Waals surface area contributed by atoms with Crippen LogP contribution in [0.4, 0.5) is 5.69 Å². The molecule has 2 aromatic rings. The number of hydrogen-bond donors (Lipinski definition) is 2. The van der Waals surface area contributed by atoms with Crippen molar-refractivity contribution in [3.8, 4) is 0 Å². The number of benzene rings is 2. The molecule has 0 bridgehead atoms. The van der Waals surface area contributed by atoms with Crippen LogP contribution in [0.5, 0.6) is 0 Å². The number of rotatable bonds is 4. The molecule has 2 amide bonds. The van der Waals surface area contributed by atoms with Crippen LogP contribution in [-0.2, 0) is 22.4 Å². The number of fused-ring (bicyclic) bond motifs is 2. The maximum absolute atomic E-state index is 12.6. The zero-order chi connectivity index (χ0) is 18.6. The van der Waals surface area contributed by atoms with Crippen molar-refractivity contribution in [2.24, 2.45) is 0 Å². The Morgan fingerprint density at radius 1 is 1.04 bits per heavy atom. The summed E-state index contributed by atoms with van der Waals surface area (Å²) in [6, 6.07) is 16.4. The van der Waals surface area contributed by atoms with Gasteiger partial charge in [-0.3, -0.25) is 9.59 Å². The second-order valence-electron chi connectivity index (χ2n) is 7.22. The lowest BCUT2D eigenvalue weighted by Gasteiger charge is -2.28. The van der Waals surface area contributed by atoms with Gasteiger partial charge in [0, 0.05) is 24.7 Å². The van der Waals surface area contributed by atoms with Gasteiger partial charge in [0.15, 0.2) is 0 Å². The summed E-state index contributed by atoms with van der Waals surface area (Å²) in [6.45, 7) is 1.51. The average molecular weight is 363 g/mol. The average Bonchev–Trinajstić information content (AvgIpc) is 2.85. The van der Waals surface area contributed by atoms with Gasteiger partial charge in [0.25, 0.3) is 0 Å². The van der Waals surface area contributed by atoms with E-state index in [9.17, 15) is 9.59 Å². The molecule has 0 fully saturated rings. The number of carbonyl (C=O) groups is 2. The molecule has 140 valence electrons. The Hall–Kier alpha value is -2.66. The summed E-state index contributed by atoms with van der Waals surface area (Å²) in [5.41, 5.74) is 4.60. The SMILES string of the molecule is O=C(CN1C(=O)CCCc2ccccc21)NCC1NCCc2ccccc21. The number of anilines is 1. The molecule has 0 spiro atoms. The van der Waals surface area contributed by atoms with Crippen LogP contribution in [-0.4, -0.2) is 31.4 Å². The first-order valence-electron chi connectivity index (χ1n) is 9.68. The van der Waals surface area contributed by atoms with Crippen molar-refractivity contribution in [3.05, 3.63) is 65.2 Å². The minimum Gasteiger partial charge on any atom is -0.353 e. The highest BCUT2D eigenvalue weighted by atomic mass is 16.2. The molecule has 1 atom stereocenters. The largest absolute Gasteiger partial charge is 0.353 e. The monoisotopic (exact) mass is 363 g/mol. The van der Waals surface area contributed by atoms with Gasteiger partial charge in [-0.05, 0) is 48.6 Å². The summed E-state index contributed by atoms with van der Waals surface area (Å²) in [6.07, 6.45) is 3.21. The van der Waals surface area contributed by atoms with Crippen molar-refractivity contribution in [1.29, 1.82) is 0 Å². The molecular weight excluding hydrogens is 338 g/mol. The number of amides is 2. The first-order chi connectivity index (χ1) is 13.2. The van der Waals surface area contributed by atoms with E-state index in [1.807, 2.05) is 30.3 Å². The highest BCUT2D eigenvalue weighted by Crippen LogP contribution is 2.26. The number of nitrogens with one attached hydrogen (secondary N) is 2. The van der Waals surface area contributed by atoms with Crippen molar-refractivity contribution in [1.82, 2.24) is 10.6 Å². The summed E-state index contributed by atoms with van der Waals surface area (Å²) in [5, 5.41) is 6.49. The zero-order valence-corrected chi connectivity index (χ0v) is 15.4. The van der Waals surface area contributed by atoms with E-state index >= 15 is 0 Å². The Balaban J connectivity index is 1.42. The number of hydrogen-bond acceptors (Lipinski definition) is 3. The van der Waals surface area contributed by atoms with Gasteiger partial charge in [0.2, 0.25) is 11.8 Å². The Bertz CT molecular complexity index is 849. The summed E-state index contributed by atoms with van der Waals surface area (Å²) in [5.74, 6) is -0.0962. The Morgan fingerprint density at radius 2 is 1.81 bits per heavy atom. The molecular formula is C22H25N3O2. The number of aryl methyl sites for hydroxylation is 1. The van der Waals surface area contributed by atoms with Gasteiger partial charge in [-0.1, -0.05) is 42.5 Å². The zero-order valence-electron chi connectivity index (χ0n) is 15.4. The van der Waals surface area contributed by atoms with Crippen LogP contribution in [0, 0.1) is 0 Å². The Morgan fingerprint density at radius 3 is 2.70 bits per heavy atom. The molecule has 2 aliphatic heterocycles. The number of para-hydroxylation sites is 1. The molecule has 2 N–H and O–H groups in total. The van der Waals surface area contributed by atoms with Crippen molar-refractivity contribution in [2.75, 3.05) is 24.5 Å². The van der Waals surface area contributed by atoms with Crippen molar-refractivity contribution < 1.29 is 9.59 Å². The summed E-state index contributed by atoms with van der Waals surface area (Å²) < 4.78 is 0. The molecule has 5 heteroatoms. The van der Waals surface area contributed by atoms with Crippen LogP contribution in [0.15, 0.2) is 48.5 Å². The maximum atomic E-state index is 12.6. The maximum Gasteiger partial charge on any atom is 0.240 e. The van der Waals surface area contributed by atoms with Gasteiger partial charge in [-0.2, -0.15) is 0 Å². The van der Waals surface area contributed by atoms with E-state index in [-0.39, 0.29) is 24.4 Å². The highest BCUT2D eigenvalue weighted by molar-refractivity contribution is 5.99. The first-order valence-corrected chi connectivity index (χ1v) is 9.68. The van der Waals surface area contributed by atoms with Crippen LogP contribution in [0.3, 0.4) is 0 Å². The standard InChI is InChI=1S/C22H25N3O2/c26-21(24-14-19-18-9-3-1-6-16(18)12-13-23-19)15-25-20-10-4-2-7-17(20)8-5-11-22(25)27/h1-4,6-7,9-10,19,23H,5,8,11-15H2,(H,24,26). The fraction of sp³-hybridized carbons (Fsp3) is 0.364. The van der Waals surface area contributed by atoms with Crippen molar-refractivity contribution >= 4 is 17.5 Å². The van der Waals surface area contributed by atoms with E-state index in [2.05, 4.69) is 28.8 Å². The Kier molecular flexibility index (Phi) is 5.21. The summed E-state index contributed by atoms with van der Waals surface area (Å²) in [7, 11) is 0. The second-order valence-corrected chi connectivity index (χ2v) is 7.22. The lowest BCUT2D eigenvalue weighted by atomic mass is 9.94. The molecule has 5 nitrogen and oxygen atoms in total. The van der Waals surface area contributed by atoms with E-state index in [1.165, 1.54) is 11.1 Å². The van der Waals surface area contributed by atoms with E-state index in [0.29, 0.717) is 13.0 Å². The van der Waals surface area contributed by atoms with Crippen LogP contribution in [0.1, 0.15) is 35.6 Å². The van der Waals surface area contributed by atoms with E-state index in [4.69, 9.17) is 0 Å². The summed E-state index contributed by atoms with van der Waals surface area (Å²) in [4.78, 5) is 26.8. The molecule has 0 aliphatic carbocycles. The number of carbonyl (C=O) groups excluding carboxylic acids is 2. The third-order valence-electron chi connectivity index (χ3n) is 5.44. The lowest BCUT2D eigenvalue weighted by Crippen LogP contribution is -2.44. The fourth-order valence-corrected chi connectivity index (χ4v) is 4.05.